The summed E-state index contributed by atoms with van der Waals surface area (Å²) in [7, 11) is 0. The summed E-state index contributed by atoms with van der Waals surface area (Å²) in [6.07, 6.45) is -4.64. The molecule has 0 aromatic heterocycles. The number of benzene rings is 3. The highest BCUT2D eigenvalue weighted by molar-refractivity contribution is 8.16. The van der Waals surface area contributed by atoms with Crippen LogP contribution in [0.5, 0.6) is 5.75 Å². The number of alkyl halides is 2. The maximum absolute atomic E-state index is 14.7. The molecule has 11 heteroatoms. The molecular formula is C26H21F7O2S2. The maximum Gasteiger partial charge on any atom is 0.432 e. The average molecular weight is 563 g/mol. The number of halogens is 7. The third-order valence-corrected chi connectivity index (χ3v) is 8.87. The van der Waals surface area contributed by atoms with E-state index >= 15 is 0 Å². The highest BCUT2D eigenvalue weighted by Gasteiger charge is 2.41. The molecule has 1 heterocycles. The summed E-state index contributed by atoms with van der Waals surface area (Å²) < 4.78 is 108. The monoisotopic (exact) mass is 562 g/mol. The van der Waals surface area contributed by atoms with Crippen molar-refractivity contribution in [3.05, 3.63) is 88.7 Å². The first-order chi connectivity index (χ1) is 17.6. The minimum Gasteiger partial charge on any atom is -0.429 e. The van der Waals surface area contributed by atoms with Crippen molar-refractivity contribution in [1.82, 2.24) is 0 Å². The van der Waals surface area contributed by atoms with E-state index < -0.39 is 46.5 Å². The van der Waals surface area contributed by atoms with Crippen LogP contribution in [0.2, 0.25) is 0 Å². The predicted octanol–water partition coefficient (Wildman–Crippen LogP) is 8.31. The fourth-order valence-corrected chi connectivity index (χ4v) is 6.78. The Balaban J connectivity index is 1.50. The molecule has 0 spiro atoms. The molecule has 198 valence electrons. The molecule has 37 heavy (non-hydrogen) atoms. The number of hydrogen-bond donors (Lipinski definition) is 0. The van der Waals surface area contributed by atoms with Gasteiger partial charge in [0.1, 0.15) is 22.9 Å². The van der Waals surface area contributed by atoms with Crippen LogP contribution in [0, 0.1) is 35.0 Å². The lowest BCUT2D eigenvalue weighted by molar-refractivity contribution is -0.189. The summed E-state index contributed by atoms with van der Waals surface area (Å²) >= 11 is 3.57. The van der Waals surface area contributed by atoms with Gasteiger partial charge in [-0.2, -0.15) is 8.78 Å². The van der Waals surface area contributed by atoms with Crippen LogP contribution in [0.1, 0.15) is 22.6 Å². The van der Waals surface area contributed by atoms with Crippen molar-refractivity contribution in [3.63, 3.8) is 0 Å². The standard InChI is InChI=1S/C26H21F7O2S2/c1-2-34-11-14-12-36-25(37-13-14)16-5-3-15(4-6-16)17-7-19(27)23(20(28)8-17)26(32,33)35-18-9-21(29)24(31)22(30)10-18/h3-10,14,25H,2,11-13H2,1H3. The minimum absolute atomic E-state index is 0.0145. The summed E-state index contributed by atoms with van der Waals surface area (Å²) in [6, 6.07) is 8.69. The number of thioether (sulfide) groups is 2. The maximum atomic E-state index is 14.7. The third kappa shape index (κ3) is 6.38. The van der Waals surface area contributed by atoms with Crippen molar-refractivity contribution < 1.29 is 40.2 Å². The molecule has 4 rings (SSSR count). The number of rotatable bonds is 8. The zero-order chi connectivity index (χ0) is 26.7. The Kier molecular flexibility index (Phi) is 8.65. The van der Waals surface area contributed by atoms with E-state index in [1.54, 1.807) is 35.7 Å². The van der Waals surface area contributed by atoms with Gasteiger partial charge in [0.2, 0.25) is 0 Å². The fraction of sp³-hybridized carbons (Fsp3) is 0.308. The van der Waals surface area contributed by atoms with E-state index in [4.69, 9.17) is 4.74 Å². The van der Waals surface area contributed by atoms with Gasteiger partial charge in [-0.1, -0.05) is 24.3 Å². The van der Waals surface area contributed by atoms with Gasteiger partial charge < -0.3 is 9.47 Å². The molecule has 3 aromatic carbocycles. The van der Waals surface area contributed by atoms with Crippen LogP contribution in [0.15, 0.2) is 48.5 Å². The average Bonchev–Trinajstić information content (AvgIpc) is 2.85. The van der Waals surface area contributed by atoms with Gasteiger partial charge in [-0.3, -0.25) is 0 Å². The Labute approximate surface area is 217 Å². The van der Waals surface area contributed by atoms with Crippen molar-refractivity contribution >= 4 is 23.5 Å². The predicted molar refractivity (Wildman–Crippen MR) is 130 cm³/mol. The van der Waals surface area contributed by atoms with Crippen LogP contribution in [-0.4, -0.2) is 24.7 Å². The van der Waals surface area contributed by atoms with Crippen LogP contribution < -0.4 is 4.74 Å². The first kappa shape index (κ1) is 27.7. The van der Waals surface area contributed by atoms with E-state index in [1.165, 1.54) is 0 Å². The molecule has 0 saturated carbocycles. The molecule has 1 aliphatic heterocycles. The summed E-state index contributed by atoms with van der Waals surface area (Å²) in [5, 5.41) is 0. The Bertz CT molecular complexity index is 1200. The van der Waals surface area contributed by atoms with Gasteiger partial charge in [-0.15, -0.1) is 23.5 Å². The van der Waals surface area contributed by atoms with E-state index in [-0.39, 0.29) is 22.3 Å². The summed E-state index contributed by atoms with van der Waals surface area (Å²) in [4.78, 5) is 0. The minimum atomic E-state index is -4.64. The summed E-state index contributed by atoms with van der Waals surface area (Å²) in [6.45, 7) is 3.35. The van der Waals surface area contributed by atoms with Crippen LogP contribution in [0.3, 0.4) is 0 Å². The molecule has 0 bridgehead atoms. The number of hydrogen-bond acceptors (Lipinski definition) is 4. The molecule has 3 aromatic rings. The van der Waals surface area contributed by atoms with Crippen LogP contribution >= 0.6 is 23.5 Å². The van der Waals surface area contributed by atoms with Gasteiger partial charge >= 0.3 is 6.11 Å². The second-order valence-electron chi connectivity index (χ2n) is 8.28. The highest BCUT2D eigenvalue weighted by atomic mass is 32.2. The fourth-order valence-electron chi connectivity index (χ4n) is 3.76. The summed E-state index contributed by atoms with van der Waals surface area (Å²) in [5.74, 6) is -7.48. The third-order valence-electron chi connectivity index (χ3n) is 5.58. The zero-order valence-corrected chi connectivity index (χ0v) is 21.0. The highest BCUT2D eigenvalue weighted by Crippen LogP contribution is 2.46. The van der Waals surface area contributed by atoms with Crippen LogP contribution in [-0.2, 0) is 10.8 Å². The molecule has 1 aliphatic rings. The van der Waals surface area contributed by atoms with E-state index in [9.17, 15) is 30.7 Å². The van der Waals surface area contributed by atoms with E-state index in [1.807, 2.05) is 19.1 Å². The second-order valence-corrected chi connectivity index (χ2v) is 10.9. The topological polar surface area (TPSA) is 18.5 Å². The molecule has 1 saturated heterocycles. The quantitative estimate of drug-likeness (QED) is 0.203. The van der Waals surface area contributed by atoms with E-state index in [0.29, 0.717) is 18.1 Å². The molecule has 0 N–H and O–H groups in total. The second kappa shape index (κ2) is 11.6. The zero-order valence-electron chi connectivity index (χ0n) is 19.4. The Hall–Kier alpha value is -2.37. The van der Waals surface area contributed by atoms with Crippen molar-refractivity contribution in [2.24, 2.45) is 5.92 Å². The smallest absolute Gasteiger partial charge is 0.429 e. The lowest BCUT2D eigenvalue weighted by Gasteiger charge is -2.27. The largest absolute Gasteiger partial charge is 0.432 e. The van der Waals surface area contributed by atoms with Crippen LogP contribution in [0.25, 0.3) is 11.1 Å². The Morgan fingerprint density at radius 3 is 1.92 bits per heavy atom. The molecular weight excluding hydrogens is 541 g/mol. The Morgan fingerprint density at radius 2 is 1.38 bits per heavy atom. The molecule has 0 radical (unpaired) electrons. The number of ether oxygens (including phenoxy) is 2. The van der Waals surface area contributed by atoms with Crippen molar-refractivity contribution in [2.45, 2.75) is 17.6 Å². The van der Waals surface area contributed by atoms with Gasteiger partial charge in [0.25, 0.3) is 0 Å². The first-order valence-corrected chi connectivity index (χ1v) is 13.3. The molecule has 0 amide bonds. The summed E-state index contributed by atoms with van der Waals surface area (Å²) in [5.41, 5.74) is -0.305. The molecule has 0 aliphatic carbocycles. The normalized spacial score (nSPS) is 18.2. The van der Waals surface area contributed by atoms with Crippen molar-refractivity contribution in [3.8, 4) is 16.9 Å². The lowest BCUT2D eigenvalue weighted by atomic mass is 10.0. The van der Waals surface area contributed by atoms with Crippen molar-refractivity contribution in [1.29, 1.82) is 0 Å². The SMILES string of the molecule is CCOCC1CSC(c2ccc(-c3cc(F)c(C(F)(F)Oc4cc(F)c(F)c(F)c4)c(F)c3)cc2)SC1. The molecule has 1 fully saturated rings. The van der Waals surface area contributed by atoms with Gasteiger partial charge in [0.05, 0.1) is 11.2 Å². The Morgan fingerprint density at radius 1 is 0.811 bits per heavy atom. The van der Waals surface area contributed by atoms with Crippen LogP contribution in [0.4, 0.5) is 30.7 Å². The van der Waals surface area contributed by atoms with Gasteiger partial charge in [0, 0.05) is 36.2 Å². The lowest BCUT2D eigenvalue weighted by Crippen LogP contribution is -2.25. The van der Waals surface area contributed by atoms with E-state index in [2.05, 4.69) is 4.74 Å². The van der Waals surface area contributed by atoms with Gasteiger partial charge in [-0.05, 0) is 35.7 Å². The van der Waals surface area contributed by atoms with Crippen molar-refractivity contribution in [2.75, 3.05) is 24.7 Å². The molecule has 0 unspecified atom stereocenters. The molecule has 2 nitrogen and oxygen atoms in total. The van der Waals surface area contributed by atoms with Gasteiger partial charge in [0.15, 0.2) is 17.5 Å². The first-order valence-electron chi connectivity index (χ1n) is 11.2. The van der Waals surface area contributed by atoms with Gasteiger partial charge in [-0.25, -0.2) is 22.0 Å². The van der Waals surface area contributed by atoms with E-state index in [0.717, 1.165) is 35.8 Å². The molecule has 0 atom stereocenters.